The van der Waals surface area contributed by atoms with Gasteiger partial charge in [-0.3, -0.25) is 0 Å². The molecule has 2 saturated heterocycles. The second-order valence-corrected chi connectivity index (χ2v) is 11.9. The molecular weight excluding hydrogens is 628 g/mol. The van der Waals surface area contributed by atoms with E-state index in [-0.39, 0.29) is 34.8 Å². The van der Waals surface area contributed by atoms with Gasteiger partial charge in [0.25, 0.3) is 0 Å². The van der Waals surface area contributed by atoms with E-state index in [1.807, 2.05) is 13.8 Å². The summed E-state index contributed by atoms with van der Waals surface area (Å²) in [7, 11) is 1.39. The fraction of sp³-hybridized carbons (Fsp3) is 0.548. The lowest BCUT2D eigenvalue weighted by atomic mass is 9.85. The Hall–Kier alpha value is -3.74. The average molecular weight is 669 g/mol. The molecule has 0 spiro atoms. The van der Waals surface area contributed by atoms with Gasteiger partial charge in [0.05, 0.1) is 7.11 Å². The summed E-state index contributed by atoms with van der Waals surface area (Å²) in [6.07, 6.45) is -16.7. The number of aliphatic carboxylic acids is 2. The van der Waals surface area contributed by atoms with Crippen molar-refractivity contribution in [2.75, 3.05) is 7.11 Å². The van der Waals surface area contributed by atoms with Crippen molar-refractivity contribution in [3.63, 3.8) is 0 Å². The maximum Gasteiger partial charge on any atom is 0.335 e. The summed E-state index contributed by atoms with van der Waals surface area (Å²) >= 11 is 0. The first-order valence-corrected chi connectivity index (χ1v) is 14.8. The number of hydrogen-bond donors (Lipinski definition) is 9. The van der Waals surface area contributed by atoms with Crippen molar-refractivity contribution in [2.24, 2.45) is 11.8 Å². The van der Waals surface area contributed by atoms with E-state index < -0.39 is 73.4 Å². The van der Waals surface area contributed by atoms with Gasteiger partial charge in [0, 0.05) is 0 Å². The van der Waals surface area contributed by atoms with Crippen LogP contribution in [-0.2, 0) is 31.9 Å². The highest BCUT2D eigenvalue weighted by atomic mass is 16.7. The van der Waals surface area contributed by atoms with Crippen molar-refractivity contribution in [3.05, 3.63) is 47.5 Å². The number of benzene rings is 2. The van der Waals surface area contributed by atoms with Crippen LogP contribution in [0.15, 0.2) is 36.4 Å². The summed E-state index contributed by atoms with van der Waals surface area (Å²) in [6.45, 7) is 4.05. The Morgan fingerprint density at radius 3 is 1.51 bits per heavy atom. The molecule has 2 aromatic carbocycles. The first-order chi connectivity index (χ1) is 22.1. The number of carboxylic acid groups (broad SMARTS) is 2. The van der Waals surface area contributed by atoms with Gasteiger partial charge in [-0.2, -0.15) is 0 Å². The van der Waals surface area contributed by atoms with Crippen molar-refractivity contribution in [3.8, 4) is 23.0 Å². The minimum atomic E-state index is -1.88. The average Bonchev–Trinajstić information content (AvgIpc) is 3.02. The Morgan fingerprint density at radius 1 is 0.660 bits per heavy atom. The molecule has 0 aliphatic carbocycles. The van der Waals surface area contributed by atoms with Crippen LogP contribution in [0.4, 0.5) is 0 Å². The number of hydrogen-bond acceptors (Lipinski definition) is 14. The van der Waals surface area contributed by atoms with Crippen LogP contribution in [0.5, 0.6) is 23.0 Å². The normalized spacial score (nSPS) is 32.2. The van der Waals surface area contributed by atoms with Gasteiger partial charge >= 0.3 is 11.9 Å². The molecule has 9 N–H and O–H groups in total. The van der Waals surface area contributed by atoms with E-state index in [9.17, 15) is 55.5 Å². The monoisotopic (exact) mass is 668 g/mol. The summed E-state index contributed by atoms with van der Waals surface area (Å²) in [5.41, 5.74) is 1.61. The number of aliphatic hydroxyl groups excluding tert-OH is 6. The standard InChI is InChI=1S/C31H40O16/c1-12(8-14-4-6-17(16(32)10-14)44-30-24(37)20(33)22(35)26(46-30)28(39)40)13(2)9-15-5-7-18(19(11-15)43-3)45-31-25(38)21(34)23(36)27(47-31)29(41)42/h4-7,10-13,20-27,30-38H,8-9H2,1-3H3,(H,39,40)(H,41,42)/t12-,13+,20-,21-,22-,23-,24+,25+,26-,27-,30+,31+/m0/s1. The van der Waals surface area contributed by atoms with Crippen LogP contribution in [0, 0.1) is 11.8 Å². The quantitative estimate of drug-likeness (QED) is 0.131. The smallest absolute Gasteiger partial charge is 0.335 e. The summed E-state index contributed by atoms with van der Waals surface area (Å²) < 4.78 is 26.8. The third-order valence-electron chi connectivity index (χ3n) is 8.45. The molecule has 16 nitrogen and oxygen atoms in total. The van der Waals surface area contributed by atoms with Crippen LogP contribution in [0.1, 0.15) is 25.0 Å². The fourth-order valence-electron chi connectivity index (χ4n) is 5.42. The predicted octanol–water partition coefficient (Wildman–Crippen LogP) is -1.000. The maximum atomic E-state index is 11.4. The molecule has 0 aromatic heterocycles. The van der Waals surface area contributed by atoms with E-state index in [4.69, 9.17) is 23.7 Å². The minimum Gasteiger partial charge on any atom is -0.504 e. The number of phenolic OH excluding ortho intramolecular Hbond substituents is 1. The molecule has 0 radical (unpaired) electrons. The Kier molecular flexibility index (Phi) is 11.5. The van der Waals surface area contributed by atoms with Crippen LogP contribution in [0.3, 0.4) is 0 Å². The van der Waals surface area contributed by atoms with Gasteiger partial charge in [-0.05, 0) is 60.1 Å². The summed E-state index contributed by atoms with van der Waals surface area (Å²) in [5, 5.41) is 89.3. The van der Waals surface area contributed by atoms with Gasteiger partial charge < -0.3 is 69.6 Å². The molecule has 2 aliphatic rings. The van der Waals surface area contributed by atoms with Gasteiger partial charge in [-0.1, -0.05) is 26.0 Å². The number of aromatic hydroxyl groups is 1. The van der Waals surface area contributed by atoms with E-state index in [0.717, 1.165) is 11.1 Å². The molecule has 0 bridgehead atoms. The highest BCUT2D eigenvalue weighted by Crippen LogP contribution is 2.35. The maximum absolute atomic E-state index is 11.4. The van der Waals surface area contributed by atoms with E-state index in [2.05, 4.69) is 0 Å². The first-order valence-electron chi connectivity index (χ1n) is 14.8. The molecule has 0 unspecified atom stereocenters. The zero-order valence-corrected chi connectivity index (χ0v) is 25.7. The summed E-state index contributed by atoms with van der Waals surface area (Å²) in [4.78, 5) is 22.7. The molecule has 0 amide bonds. The molecule has 2 fully saturated rings. The molecule has 0 saturated carbocycles. The highest BCUT2D eigenvalue weighted by molar-refractivity contribution is 5.74. The molecule has 16 heteroatoms. The molecule has 2 heterocycles. The second kappa shape index (κ2) is 15.0. The molecule has 2 aliphatic heterocycles. The lowest BCUT2D eigenvalue weighted by Crippen LogP contribution is -2.61. The number of carbonyl (C=O) groups is 2. The SMILES string of the molecule is COc1cc(C[C@@H](C)[C@@H](C)Cc2ccc(O[C@@H]3O[C@H](C(=O)O)[C@@H](O)[C@H](O)[C@H]3O)c(O)c2)ccc1O[C@@H]1O[C@H](C(=O)O)[C@@H](O)[C@H](O)[C@H]1O. The molecule has 2 aromatic rings. The fourth-order valence-corrected chi connectivity index (χ4v) is 5.42. The van der Waals surface area contributed by atoms with Gasteiger partial charge in [0.1, 0.15) is 36.6 Å². The Labute approximate surface area is 268 Å². The van der Waals surface area contributed by atoms with Gasteiger partial charge in [0.15, 0.2) is 35.2 Å². The van der Waals surface area contributed by atoms with E-state index in [0.29, 0.717) is 12.8 Å². The number of carboxylic acids is 2. The number of aliphatic hydroxyl groups is 6. The van der Waals surface area contributed by atoms with Crippen molar-refractivity contribution in [1.29, 1.82) is 0 Å². The van der Waals surface area contributed by atoms with Crippen LogP contribution < -0.4 is 14.2 Å². The predicted molar refractivity (Wildman–Crippen MR) is 157 cm³/mol. The minimum absolute atomic E-state index is 0.0891. The van der Waals surface area contributed by atoms with Gasteiger partial charge in [-0.25, -0.2) is 9.59 Å². The number of phenols is 1. The number of ether oxygens (including phenoxy) is 5. The Balaban J connectivity index is 1.37. The Bertz CT molecular complexity index is 1400. The third-order valence-corrected chi connectivity index (χ3v) is 8.45. The van der Waals surface area contributed by atoms with E-state index in [1.54, 1.807) is 24.3 Å². The topological polar surface area (TPSA) is 262 Å². The lowest BCUT2D eigenvalue weighted by molar-refractivity contribution is -0.271. The van der Waals surface area contributed by atoms with Gasteiger partial charge in [-0.15, -0.1) is 0 Å². The van der Waals surface area contributed by atoms with Crippen LogP contribution in [-0.4, -0.2) is 126 Å². The van der Waals surface area contributed by atoms with Crippen molar-refractivity contribution in [1.82, 2.24) is 0 Å². The molecule has 12 atom stereocenters. The lowest BCUT2D eigenvalue weighted by Gasteiger charge is -2.38. The van der Waals surface area contributed by atoms with Gasteiger partial charge in [0.2, 0.25) is 12.6 Å². The zero-order chi connectivity index (χ0) is 34.7. The van der Waals surface area contributed by atoms with Crippen molar-refractivity contribution >= 4 is 11.9 Å². The third kappa shape index (κ3) is 8.05. The number of rotatable bonds is 12. The largest absolute Gasteiger partial charge is 0.504 e. The molecule has 260 valence electrons. The van der Waals surface area contributed by atoms with Crippen molar-refractivity contribution in [2.45, 2.75) is 88.1 Å². The van der Waals surface area contributed by atoms with Crippen LogP contribution in [0.2, 0.25) is 0 Å². The zero-order valence-electron chi connectivity index (χ0n) is 25.7. The molecule has 47 heavy (non-hydrogen) atoms. The van der Waals surface area contributed by atoms with Crippen molar-refractivity contribution < 1.29 is 79.2 Å². The van der Waals surface area contributed by atoms with Crippen LogP contribution >= 0.6 is 0 Å². The summed E-state index contributed by atoms with van der Waals surface area (Å²) in [5.74, 6) is -2.97. The number of methoxy groups -OCH3 is 1. The molecule has 4 rings (SSSR count). The molecular formula is C31H40O16. The van der Waals surface area contributed by atoms with E-state index >= 15 is 0 Å². The summed E-state index contributed by atoms with van der Waals surface area (Å²) in [6, 6.07) is 9.56. The highest BCUT2D eigenvalue weighted by Gasteiger charge is 2.49. The Morgan fingerprint density at radius 2 is 1.09 bits per heavy atom. The second-order valence-electron chi connectivity index (χ2n) is 11.9. The van der Waals surface area contributed by atoms with Crippen LogP contribution in [0.25, 0.3) is 0 Å². The first kappa shape index (κ1) is 36.1. The van der Waals surface area contributed by atoms with E-state index in [1.165, 1.54) is 19.2 Å².